The maximum atomic E-state index is 12.3. The Labute approximate surface area is 113 Å². The van der Waals surface area contributed by atoms with E-state index < -0.39 is 18.3 Å². The van der Waals surface area contributed by atoms with Gasteiger partial charge in [-0.1, -0.05) is 6.07 Å². The summed E-state index contributed by atoms with van der Waals surface area (Å²) < 4.78 is 47.5. The van der Waals surface area contributed by atoms with Gasteiger partial charge in [-0.3, -0.25) is 0 Å². The van der Waals surface area contributed by atoms with Crippen molar-refractivity contribution in [3.63, 3.8) is 0 Å². The lowest BCUT2D eigenvalue weighted by atomic mass is 10.0. The van der Waals surface area contributed by atoms with Crippen molar-refractivity contribution in [3.05, 3.63) is 23.8 Å². The largest absolute Gasteiger partial charge is 0.486 e. The van der Waals surface area contributed by atoms with Gasteiger partial charge in [0.05, 0.1) is 6.04 Å². The maximum Gasteiger partial charge on any atom is 0.416 e. The van der Waals surface area contributed by atoms with Gasteiger partial charge in [0, 0.05) is 0 Å². The molecular formula is C11H13ClF3NO3. The Morgan fingerprint density at radius 3 is 2.32 bits per heavy atom. The number of alkyl halides is 3. The van der Waals surface area contributed by atoms with Crippen LogP contribution in [-0.2, 0) is 0 Å². The quantitative estimate of drug-likeness (QED) is 0.874. The van der Waals surface area contributed by atoms with Crippen molar-refractivity contribution < 1.29 is 27.8 Å². The number of aliphatic hydroxyl groups excluding tert-OH is 1. The lowest BCUT2D eigenvalue weighted by Gasteiger charge is -2.24. The second-order valence-corrected chi connectivity index (χ2v) is 3.92. The van der Waals surface area contributed by atoms with Crippen molar-refractivity contribution in [2.24, 2.45) is 5.73 Å². The molecule has 1 aromatic rings. The van der Waals surface area contributed by atoms with Gasteiger partial charge in [0.1, 0.15) is 13.2 Å². The smallest absolute Gasteiger partial charge is 0.416 e. The van der Waals surface area contributed by atoms with Crippen molar-refractivity contribution in [2.75, 3.05) is 13.2 Å². The number of fused-ring (bicyclic) bond motifs is 1. The first-order chi connectivity index (χ1) is 8.39. The molecule has 1 aliphatic rings. The summed E-state index contributed by atoms with van der Waals surface area (Å²) in [6, 6.07) is 2.66. The van der Waals surface area contributed by atoms with E-state index in [1.54, 1.807) is 0 Å². The van der Waals surface area contributed by atoms with Gasteiger partial charge in [-0.2, -0.15) is 13.2 Å². The summed E-state index contributed by atoms with van der Waals surface area (Å²) in [5.74, 6) is 0.794. The van der Waals surface area contributed by atoms with Crippen molar-refractivity contribution in [1.29, 1.82) is 0 Å². The van der Waals surface area contributed by atoms with E-state index in [0.717, 1.165) is 0 Å². The summed E-state index contributed by atoms with van der Waals surface area (Å²) in [6.07, 6.45) is -7.37. The molecule has 0 unspecified atom stereocenters. The number of benzene rings is 1. The van der Waals surface area contributed by atoms with Gasteiger partial charge in [-0.05, 0) is 17.7 Å². The topological polar surface area (TPSA) is 64.7 Å². The van der Waals surface area contributed by atoms with Gasteiger partial charge in [0.15, 0.2) is 17.6 Å². The summed E-state index contributed by atoms with van der Waals surface area (Å²) in [4.78, 5) is 0. The highest BCUT2D eigenvalue weighted by Gasteiger charge is 2.42. The molecule has 0 saturated heterocycles. The Morgan fingerprint density at radius 1 is 1.16 bits per heavy atom. The van der Waals surface area contributed by atoms with Crippen molar-refractivity contribution in [1.82, 2.24) is 0 Å². The predicted octanol–water partition coefficient (Wildman–Crippen LogP) is 1.80. The zero-order valence-corrected chi connectivity index (χ0v) is 10.5. The highest BCUT2D eigenvalue weighted by atomic mass is 35.5. The summed E-state index contributed by atoms with van der Waals surface area (Å²) in [6.45, 7) is 0.719. The third-order valence-electron chi connectivity index (χ3n) is 2.63. The Kier molecular flexibility index (Phi) is 4.89. The molecule has 0 radical (unpaired) electrons. The molecule has 1 aliphatic heterocycles. The van der Waals surface area contributed by atoms with E-state index in [1.807, 2.05) is 0 Å². The lowest BCUT2D eigenvalue weighted by molar-refractivity contribution is -0.210. The fourth-order valence-corrected chi connectivity index (χ4v) is 1.65. The van der Waals surface area contributed by atoms with Gasteiger partial charge in [0.25, 0.3) is 0 Å². The highest BCUT2D eigenvalue weighted by Crippen LogP contribution is 2.35. The fourth-order valence-electron chi connectivity index (χ4n) is 1.65. The van der Waals surface area contributed by atoms with Gasteiger partial charge in [-0.25, -0.2) is 0 Å². The number of aliphatic hydroxyl groups is 1. The SMILES string of the molecule is Cl.N[C@H](c1ccc2c(c1)OCCO2)[C@@H](O)C(F)(F)F. The Hall–Kier alpha value is -1.18. The summed E-state index contributed by atoms with van der Waals surface area (Å²) in [5.41, 5.74) is 5.53. The Bertz CT molecular complexity index is 442. The second kappa shape index (κ2) is 5.85. The molecule has 0 aromatic heterocycles. The molecule has 0 spiro atoms. The number of ether oxygens (including phenoxy) is 2. The molecule has 4 nitrogen and oxygen atoms in total. The summed E-state index contributed by atoms with van der Waals surface area (Å²) in [7, 11) is 0. The van der Waals surface area contributed by atoms with Crippen molar-refractivity contribution >= 4 is 12.4 Å². The number of nitrogens with two attached hydrogens (primary N) is 1. The molecule has 8 heteroatoms. The van der Waals surface area contributed by atoms with Crippen LogP contribution in [0.1, 0.15) is 11.6 Å². The zero-order chi connectivity index (χ0) is 13.3. The molecular weight excluding hydrogens is 287 g/mol. The predicted molar refractivity (Wildman–Crippen MR) is 63.7 cm³/mol. The van der Waals surface area contributed by atoms with Crippen LogP contribution >= 0.6 is 12.4 Å². The van der Waals surface area contributed by atoms with Crippen molar-refractivity contribution in [3.8, 4) is 11.5 Å². The second-order valence-electron chi connectivity index (χ2n) is 3.92. The van der Waals surface area contributed by atoms with Gasteiger partial charge < -0.3 is 20.3 Å². The van der Waals surface area contributed by atoms with Crippen LogP contribution in [0.5, 0.6) is 11.5 Å². The molecule has 0 bridgehead atoms. The third-order valence-corrected chi connectivity index (χ3v) is 2.63. The fraction of sp³-hybridized carbons (Fsp3) is 0.455. The minimum atomic E-state index is -4.76. The van der Waals surface area contributed by atoms with E-state index in [-0.39, 0.29) is 18.0 Å². The lowest BCUT2D eigenvalue weighted by Crippen LogP contribution is -2.38. The first-order valence-corrected chi connectivity index (χ1v) is 5.29. The van der Waals surface area contributed by atoms with Gasteiger partial charge in [0.2, 0.25) is 0 Å². The van der Waals surface area contributed by atoms with Gasteiger partial charge in [-0.15, -0.1) is 12.4 Å². The van der Waals surface area contributed by atoms with E-state index >= 15 is 0 Å². The summed E-state index contributed by atoms with van der Waals surface area (Å²) >= 11 is 0. The van der Waals surface area contributed by atoms with Crippen molar-refractivity contribution in [2.45, 2.75) is 18.3 Å². The van der Waals surface area contributed by atoms with Crippen LogP contribution in [0.2, 0.25) is 0 Å². The molecule has 2 rings (SSSR count). The standard InChI is InChI=1S/C11H12F3NO3.ClH/c12-11(13,14)10(16)9(15)6-1-2-7-8(5-6)18-4-3-17-7;/h1-2,5,9-10,16H,3-4,15H2;1H/t9-,10-;/m1./s1. The average molecular weight is 300 g/mol. The van der Waals surface area contributed by atoms with E-state index in [4.69, 9.17) is 20.3 Å². The number of hydrogen-bond donors (Lipinski definition) is 2. The van der Waals surface area contributed by atoms with E-state index in [2.05, 4.69) is 0 Å². The van der Waals surface area contributed by atoms with Crippen LogP contribution in [0.15, 0.2) is 18.2 Å². The number of hydrogen-bond acceptors (Lipinski definition) is 4. The third kappa shape index (κ3) is 3.43. The molecule has 1 aromatic carbocycles. The van der Waals surface area contributed by atoms with Crippen LogP contribution in [0.4, 0.5) is 13.2 Å². The Morgan fingerprint density at radius 2 is 1.74 bits per heavy atom. The van der Waals surface area contributed by atoms with Crippen LogP contribution in [0, 0.1) is 0 Å². The highest BCUT2D eigenvalue weighted by molar-refractivity contribution is 5.85. The minimum absolute atomic E-state index is 0. The summed E-state index contributed by atoms with van der Waals surface area (Å²) in [5, 5.41) is 9.09. The molecule has 0 fully saturated rings. The van der Waals surface area contributed by atoms with Crippen LogP contribution in [0.25, 0.3) is 0 Å². The average Bonchev–Trinajstić information content (AvgIpc) is 2.35. The first-order valence-electron chi connectivity index (χ1n) is 5.29. The number of halogens is 4. The number of rotatable bonds is 2. The first kappa shape index (κ1) is 15.9. The molecule has 108 valence electrons. The molecule has 2 atom stereocenters. The molecule has 1 heterocycles. The van der Waals surface area contributed by atoms with Gasteiger partial charge >= 0.3 is 6.18 Å². The molecule has 0 aliphatic carbocycles. The zero-order valence-electron chi connectivity index (χ0n) is 9.68. The van der Waals surface area contributed by atoms with Crippen LogP contribution < -0.4 is 15.2 Å². The van der Waals surface area contributed by atoms with Crippen LogP contribution in [-0.4, -0.2) is 30.6 Å². The molecule has 3 N–H and O–H groups in total. The van der Waals surface area contributed by atoms with E-state index in [0.29, 0.717) is 24.7 Å². The molecule has 0 amide bonds. The van der Waals surface area contributed by atoms with Crippen LogP contribution in [0.3, 0.4) is 0 Å². The monoisotopic (exact) mass is 299 g/mol. The van der Waals surface area contributed by atoms with E-state index in [1.165, 1.54) is 18.2 Å². The Balaban J connectivity index is 0.00000180. The molecule has 0 saturated carbocycles. The maximum absolute atomic E-state index is 12.3. The molecule has 19 heavy (non-hydrogen) atoms. The normalized spacial score (nSPS) is 17.3. The minimum Gasteiger partial charge on any atom is -0.486 e. The van der Waals surface area contributed by atoms with E-state index in [9.17, 15) is 13.2 Å².